The van der Waals surface area contributed by atoms with Crippen LogP contribution in [0.3, 0.4) is 0 Å². The van der Waals surface area contributed by atoms with Crippen molar-refractivity contribution in [1.82, 2.24) is 4.98 Å². The van der Waals surface area contributed by atoms with Crippen LogP contribution in [0.4, 0.5) is 5.82 Å². The first-order valence-electron chi connectivity index (χ1n) is 7.26. The highest BCUT2D eigenvalue weighted by molar-refractivity contribution is 5.89. The van der Waals surface area contributed by atoms with E-state index in [0.717, 1.165) is 11.1 Å². The second-order valence-corrected chi connectivity index (χ2v) is 5.08. The van der Waals surface area contributed by atoms with Gasteiger partial charge >= 0.3 is 5.97 Å². The topological polar surface area (TPSA) is 65.2 Å². The fourth-order valence-corrected chi connectivity index (χ4v) is 2.29. The SMILES string of the molecule is Nc1ccc(C(=O)OC(c2ccccc2)c2ccccc2)cn1. The van der Waals surface area contributed by atoms with E-state index in [-0.39, 0.29) is 0 Å². The standard InChI is InChI=1S/C19H16N2O2/c20-17-12-11-16(13-21-17)19(22)23-18(14-7-3-1-4-8-14)15-9-5-2-6-10-15/h1-13,18H,(H2,20,21). The molecule has 2 N–H and O–H groups in total. The van der Waals surface area contributed by atoms with E-state index in [1.807, 2.05) is 60.7 Å². The van der Waals surface area contributed by atoms with Crippen molar-refractivity contribution >= 4 is 11.8 Å². The monoisotopic (exact) mass is 304 g/mol. The Hall–Kier alpha value is -3.14. The van der Waals surface area contributed by atoms with Crippen LogP contribution in [0.1, 0.15) is 27.6 Å². The Bertz CT molecular complexity index is 732. The Kier molecular flexibility index (Phi) is 4.34. The number of anilines is 1. The summed E-state index contributed by atoms with van der Waals surface area (Å²) in [5, 5.41) is 0. The van der Waals surface area contributed by atoms with Crippen molar-refractivity contribution in [3.63, 3.8) is 0 Å². The molecule has 0 saturated heterocycles. The van der Waals surface area contributed by atoms with E-state index in [0.29, 0.717) is 11.4 Å². The molecule has 3 rings (SSSR count). The van der Waals surface area contributed by atoms with Crippen LogP contribution in [0.15, 0.2) is 79.0 Å². The molecular weight excluding hydrogens is 288 g/mol. The number of nitrogen functional groups attached to an aromatic ring is 1. The molecule has 1 aromatic heterocycles. The average Bonchev–Trinajstić information content (AvgIpc) is 2.61. The summed E-state index contributed by atoms with van der Waals surface area (Å²) in [6, 6.07) is 22.5. The summed E-state index contributed by atoms with van der Waals surface area (Å²) in [6.07, 6.45) is 0.951. The molecule has 2 aromatic carbocycles. The lowest BCUT2D eigenvalue weighted by Gasteiger charge is -2.19. The number of benzene rings is 2. The Balaban J connectivity index is 1.90. The van der Waals surface area contributed by atoms with Crippen molar-refractivity contribution < 1.29 is 9.53 Å². The van der Waals surface area contributed by atoms with E-state index >= 15 is 0 Å². The van der Waals surface area contributed by atoms with Crippen LogP contribution in [0.2, 0.25) is 0 Å². The maximum absolute atomic E-state index is 12.4. The number of pyridine rings is 1. The molecule has 114 valence electrons. The number of hydrogen-bond acceptors (Lipinski definition) is 4. The molecule has 0 radical (unpaired) electrons. The van der Waals surface area contributed by atoms with Gasteiger partial charge < -0.3 is 10.5 Å². The molecule has 0 unspecified atom stereocenters. The van der Waals surface area contributed by atoms with Crippen molar-refractivity contribution in [2.45, 2.75) is 6.10 Å². The van der Waals surface area contributed by atoms with Crippen LogP contribution in [-0.2, 0) is 4.74 Å². The molecule has 3 aromatic rings. The number of esters is 1. The number of ether oxygens (including phenoxy) is 1. The van der Waals surface area contributed by atoms with Gasteiger partial charge in [0.05, 0.1) is 5.56 Å². The first-order chi connectivity index (χ1) is 11.2. The second kappa shape index (κ2) is 6.75. The highest BCUT2D eigenvalue weighted by Crippen LogP contribution is 2.26. The summed E-state index contributed by atoms with van der Waals surface area (Å²) in [7, 11) is 0. The Morgan fingerprint density at radius 1 is 0.870 bits per heavy atom. The van der Waals surface area contributed by atoms with Gasteiger partial charge in [0.15, 0.2) is 6.10 Å². The minimum atomic E-state index is -0.470. The van der Waals surface area contributed by atoms with Crippen molar-refractivity contribution in [2.75, 3.05) is 5.73 Å². The van der Waals surface area contributed by atoms with Crippen molar-refractivity contribution in [1.29, 1.82) is 0 Å². The zero-order chi connectivity index (χ0) is 16.1. The molecule has 0 aliphatic rings. The minimum Gasteiger partial charge on any atom is -0.449 e. The van der Waals surface area contributed by atoms with Crippen molar-refractivity contribution in [3.8, 4) is 0 Å². The van der Waals surface area contributed by atoms with Crippen LogP contribution in [0, 0.1) is 0 Å². The van der Waals surface area contributed by atoms with Gasteiger partial charge in [0.1, 0.15) is 5.82 Å². The number of rotatable bonds is 4. The molecule has 0 saturated carbocycles. The first-order valence-corrected chi connectivity index (χ1v) is 7.26. The summed E-state index contributed by atoms with van der Waals surface area (Å²) < 4.78 is 5.73. The Morgan fingerprint density at radius 3 is 1.91 bits per heavy atom. The molecular formula is C19H16N2O2. The van der Waals surface area contributed by atoms with Gasteiger partial charge in [0.25, 0.3) is 0 Å². The maximum Gasteiger partial charge on any atom is 0.340 e. The molecule has 0 aliphatic heterocycles. The molecule has 0 spiro atoms. The summed E-state index contributed by atoms with van der Waals surface area (Å²) in [5.74, 6) is -0.0700. The quantitative estimate of drug-likeness (QED) is 0.748. The zero-order valence-electron chi connectivity index (χ0n) is 12.4. The summed E-state index contributed by atoms with van der Waals surface area (Å²) >= 11 is 0. The first kappa shape index (κ1) is 14.8. The predicted octanol–water partition coefficient (Wildman–Crippen LogP) is 3.61. The number of carbonyl (C=O) groups is 1. The average molecular weight is 304 g/mol. The Morgan fingerprint density at radius 2 is 1.43 bits per heavy atom. The fraction of sp³-hybridized carbons (Fsp3) is 0.0526. The number of carbonyl (C=O) groups excluding carboxylic acids is 1. The summed E-state index contributed by atoms with van der Waals surface area (Å²) in [4.78, 5) is 16.3. The lowest BCUT2D eigenvalue weighted by atomic mass is 10.0. The second-order valence-electron chi connectivity index (χ2n) is 5.08. The smallest absolute Gasteiger partial charge is 0.340 e. The van der Waals surface area contributed by atoms with E-state index in [2.05, 4.69) is 4.98 Å². The normalized spacial score (nSPS) is 10.5. The van der Waals surface area contributed by atoms with Crippen molar-refractivity contribution in [3.05, 3.63) is 95.7 Å². The van der Waals surface area contributed by atoms with Gasteiger partial charge in [-0.25, -0.2) is 9.78 Å². The third-order valence-corrected chi connectivity index (χ3v) is 3.45. The van der Waals surface area contributed by atoms with E-state index in [1.54, 1.807) is 12.1 Å². The summed E-state index contributed by atoms with van der Waals surface area (Å²) in [5.41, 5.74) is 7.74. The fourth-order valence-electron chi connectivity index (χ4n) is 2.29. The van der Waals surface area contributed by atoms with Gasteiger partial charge in [0, 0.05) is 6.20 Å². The van der Waals surface area contributed by atoms with Crippen LogP contribution in [0.5, 0.6) is 0 Å². The van der Waals surface area contributed by atoms with Gasteiger partial charge in [-0.2, -0.15) is 0 Å². The number of nitrogens with two attached hydrogens (primary N) is 1. The predicted molar refractivity (Wildman–Crippen MR) is 88.8 cm³/mol. The van der Waals surface area contributed by atoms with E-state index in [9.17, 15) is 4.79 Å². The van der Waals surface area contributed by atoms with Gasteiger partial charge in [-0.3, -0.25) is 0 Å². The van der Waals surface area contributed by atoms with E-state index in [1.165, 1.54) is 6.20 Å². The molecule has 4 nitrogen and oxygen atoms in total. The third-order valence-electron chi connectivity index (χ3n) is 3.45. The maximum atomic E-state index is 12.4. The minimum absolute atomic E-state index is 0.365. The van der Waals surface area contributed by atoms with Crippen LogP contribution >= 0.6 is 0 Å². The lowest BCUT2D eigenvalue weighted by molar-refractivity contribution is 0.0377. The largest absolute Gasteiger partial charge is 0.449 e. The molecule has 0 bridgehead atoms. The Labute approximate surface area is 134 Å². The highest BCUT2D eigenvalue weighted by atomic mass is 16.5. The molecule has 0 aliphatic carbocycles. The van der Waals surface area contributed by atoms with Gasteiger partial charge in [-0.15, -0.1) is 0 Å². The van der Waals surface area contributed by atoms with Crippen LogP contribution in [-0.4, -0.2) is 11.0 Å². The highest BCUT2D eigenvalue weighted by Gasteiger charge is 2.20. The molecule has 4 heteroatoms. The van der Waals surface area contributed by atoms with Gasteiger partial charge in [-0.05, 0) is 23.3 Å². The zero-order valence-corrected chi connectivity index (χ0v) is 12.4. The molecule has 1 heterocycles. The van der Waals surface area contributed by atoms with E-state index < -0.39 is 12.1 Å². The van der Waals surface area contributed by atoms with Crippen molar-refractivity contribution in [2.24, 2.45) is 0 Å². The third kappa shape index (κ3) is 3.55. The summed E-state index contributed by atoms with van der Waals surface area (Å²) in [6.45, 7) is 0. The van der Waals surface area contributed by atoms with E-state index in [4.69, 9.17) is 10.5 Å². The number of hydrogen-bond donors (Lipinski definition) is 1. The molecule has 23 heavy (non-hydrogen) atoms. The number of aromatic nitrogens is 1. The molecule has 0 amide bonds. The number of nitrogens with zero attached hydrogens (tertiary/aromatic N) is 1. The molecule has 0 atom stereocenters. The van der Waals surface area contributed by atoms with Gasteiger partial charge in [-0.1, -0.05) is 60.7 Å². The van der Waals surface area contributed by atoms with Crippen LogP contribution < -0.4 is 5.73 Å². The van der Waals surface area contributed by atoms with Crippen LogP contribution in [0.25, 0.3) is 0 Å². The lowest BCUT2D eigenvalue weighted by Crippen LogP contribution is -2.13. The van der Waals surface area contributed by atoms with Gasteiger partial charge in [0.2, 0.25) is 0 Å². The molecule has 0 fully saturated rings.